The minimum atomic E-state index is -0.815. The fourth-order valence-corrected chi connectivity index (χ4v) is 1.57. The van der Waals surface area contributed by atoms with Crippen LogP contribution in [0.15, 0.2) is 18.2 Å². The highest BCUT2D eigenvalue weighted by Gasteiger charge is 2.17. The summed E-state index contributed by atoms with van der Waals surface area (Å²) in [7, 11) is 0. The summed E-state index contributed by atoms with van der Waals surface area (Å²) < 4.78 is 0. The molecule has 0 saturated carbocycles. The molecule has 3 N–H and O–H groups in total. The second-order valence-corrected chi connectivity index (χ2v) is 3.33. The standard InChI is InChI=1S/C11H15NO2/c1-3-8-9(7(2)11(13)14)5-4-6-10(8)12/h4-7H,3,12H2,1-2H3,(H,13,14). The van der Waals surface area contributed by atoms with Crippen LogP contribution in [0.2, 0.25) is 0 Å². The Kier molecular flexibility index (Phi) is 3.12. The van der Waals surface area contributed by atoms with Crippen molar-refractivity contribution in [3.63, 3.8) is 0 Å². The van der Waals surface area contributed by atoms with Gasteiger partial charge in [0.05, 0.1) is 5.92 Å². The predicted octanol–water partition coefficient (Wildman–Crippen LogP) is 2.02. The summed E-state index contributed by atoms with van der Waals surface area (Å²) in [6.45, 7) is 3.65. The molecular formula is C11H15NO2. The van der Waals surface area contributed by atoms with E-state index in [-0.39, 0.29) is 0 Å². The van der Waals surface area contributed by atoms with Crippen molar-refractivity contribution in [2.75, 3.05) is 5.73 Å². The van der Waals surface area contributed by atoms with E-state index in [2.05, 4.69) is 0 Å². The van der Waals surface area contributed by atoms with Crippen LogP contribution in [0, 0.1) is 0 Å². The van der Waals surface area contributed by atoms with E-state index in [1.54, 1.807) is 19.1 Å². The second kappa shape index (κ2) is 4.13. The van der Waals surface area contributed by atoms with Crippen LogP contribution in [0.1, 0.15) is 30.9 Å². The molecule has 0 heterocycles. The molecule has 0 saturated heterocycles. The van der Waals surface area contributed by atoms with Crippen LogP contribution in [0.4, 0.5) is 5.69 Å². The number of nitrogens with two attached hydrogens (primary N) is 1. The molecule has 1 aromatic rings. The third kappa shape index (κ3) is 1.87. The van der Waals surface area contributed by atoms with Crippen LogP contribution in [-0.2, 0) is 11.2 Å². The number of hydrogen-bond acceptors (Lipinski definition) is 2. The molecule has 0 aliphatic heterocycles. The normalized spacial score (nSPS) is 12.4. The van der Waals surface area contributed by atoms with E-state index in [1.807, 2.05) is 13.0 Å². The van der Waals surface area contributed by atoms with E-state index in [0.29, 0.717) is 5.69 Å². The number of carbonyl (C=O) groups is 1. The zero-order chi connectivity index (χ0) is 10.7. The second-order valence-electron chi connectivity index (χ2n) is 3.33. The van der Waals surface area contributed by atoms with Gasteiger partial charge in [0.25, 0.3) is 0 Å². The van der Waals surface area contributed by atoms with E-state index >= 15 is 0 Å². The van der Waals surface area contributed by atoms with Gasteiger partial charge in [-0.25, -0.2) is 0 Å². The van der Waals surface area contributed by atoms with Crippen molar-refractivity contribution in [1.82, 2.24) is 0 Å². The molecule has 1 rings (SSSR count). The van der Waals surface area contributed by atoms with Gasteiger partial charge >= 0.3 is 5.97 Å². The zero-order valence-corrected chi connectivity index (χ0v) is 8.45. The van der Waals surface area contributed by atoms with Gasteiger partial charge in [0.1, 0.15) is 0 Å². The van der Waals surface area contributed by atoms with E-state index < -0.39 is 11.9 Å². The lowest BCUT2D eigenvalue weighted by Gasteiger charge is -2.13. The maximum absolute atomic E-state index is 10.8. The Morgan fingerprint density at radius 2 is 2.21 bits per heavy atom. The number of nitrogen functional groups attached to an aromatic ring is 1. The van der Waals surface area contributed by atoms with Crippen LogP contribution >= 0.6 is 0 Å². The van der Waals surface area contributed by atoms with Gasteiger partial charge in [-0.3, -0.25) is 4.79 Å². The van der Waals surface area contributed by atoms with E-state index in [1.165, 1.54) is 0 Å². The molecule has 14 heavy (non-hydrogen) atoms. The first-order chi connectivity index (χ1) is 6.57. The summed E-state index contributed by atoms with van der Waals surface area (Å²) in [5.41, 5.74) is 8.22. The first kappa shape index (κ1) is 10.6. The minimum Gasteiger partial charge on any atom is -0.481 e. The lowest BCUT2D eigenvalue weighted by Crippen LogP contribution is -2.11. The maximum atomic E-state index is 10.8. The smallest absolute Gasteiger partial charge is 0.310 e. The molecule has 0 spiro atoms. The van der Waals surface area contributed by atoms with Crippen molar-refractivity contribution < 1.29 is 9.90 Å². The van der Waals surface area contributed by atoms with Gasteiger partial charge < -0.3 is 10.8 Å². The Morgan fingerprint density at radius 1 is 1.57 bits per heavy atom. The molecule has 0 fully saturated rings. The molecule has 1 unspecified atom stereocenters. The van der Waals surface area contributed by atoms with Crippen LogP contribution in [0.3, 0.4) is 0 Å². The molecule has 0 radical (unpaired) electrons. The van der Waals surface area contributed by atoms with Gasteiger partial charge in [0, 0.05) is 5.69 Å². The number of carboxylic acids is 1. The summed E-state index contributed by atoms with van der Waals surface area (Å²) in [4.78, 5) is 10.8. The molecule has 3 heteroatoms. The highest BCUT2D eigenvalue weighted by Crippen LogP contribution is 2.25. The molecule has 0 aromatic heterocycles. The van der Waals surface area contributed by atoms with Crippen molar-refractivity contribution in [3.05, 3.63) is 29.3 Å². The Bertz CT molecular complexity index is 347. The third-order valence-electron chi connectivity index (χ3n) is 2.44. The molecule has 0 aliphatic carbocycles. The molecule has 76 valence electrons. The van der Waals surface area contributed by atoms with Crippen molar-refractivity contribution in [2.24, 2.45) is 0 Å². The number of rotatable bonds is 3. The highest BCUT2D eigenvalue weighted by molar-refractivity contribution is 5.77. The number of aliphatic carboxylic acids is 1. The summed E-state index contributed by atoms with van der Waals surface area (Å²) in [6.07, 6.45) is 0.764. The Labute approximate surface area is 83.6 Å². The first-order valence-corrected chi connectivity index (χ1v) is 4.68. The average molecular weight is 193 g/mol. The number of hydrogen-bond donors (Lipinski definition) is 2. The maximum Gasteiger partial charge on any atom is 0.310 e. The van der Waals surface area contributed by atoms with Gasteiger partial charge in [-0.15, -0.1) is 0 Å². The Hall–Kier alpha value is -1.51. The van der Waals surface area contributed by atoms with Gasteiger partial charge in [-0.2, -0.15) is 0 Å². The first-order valence-electron chi connectivity index (χ1n) is 4.68. The summed E-state index contributed by atoms with van der Waals surface area (Å²) >= 11 is 0. The molecule has 0 aliphatic rings. The quantitative estimate of drug-likeness (QED) is 0.722. The highest BCUT2D eigenvalue weighted by atomic mass is 16.4. The molecule has 3 nitrogen and oxygen atoms in total. The van der Waals surface area contributed by atoms with Crippen LogP contribution < -0.4 is 5.73 Å². The molecule has 1 aromatic carbocycles. The number of benzene rings is 1. The predicted molar refractivity (Wildman–Crippen MR) is 56.3 cm³/mol. The molecule has 0 bridgehead atoms. The molecule has 1 atom stereocenters. The largest absolute Gasteiger partial charge is 0.481 e. The van der Waals surface area contributed by atoms with Gasteiger partial charge in [0.2, 0.25) is 0 Å². The van der Waals surface area contributed by atoms with E-state index in [0.717, 1.165) is 17.5 Å². The van der Waals surface area contributed by atoms with Gasteiger partial charge in [-0.1, -0.05) is 19.1 Å². The number of carboxylic acid groups (broad SMARTS) is 1. The average Bonchev–Trinajstić information content (AvgIpc) is 2.16. The van der Waals surface area contributed by atoms with E-state index in [4.69, 9.17) is 10.8 Å². The summed E-state index contributed by atoms with van der Waals surface area (Å²) in [5.74, 6) is -1.31. The Balaban J connectivity index is 3.20. The fourth-order valence-electron chi connectivity index (χ4n) is 1.57. The summed E-state index contributed by atoms with van der Waals surface area (Å²) in [6, 6.07) is 5.42. The van der Waals surface area contributed by atoms with Crippen LogP contribution in [0.5, 0.6) is 0 Å². The zero-order valence-electron chi connectivity index (χ0n) is 8.45. The van der Waals surface area contributed by atoms with Gasteiger partial charge in [-0.05, 0) is 30.5 Å². The summed E-state index contributed by atoms with van der Waals surface area (Å²) in [5, 5.41) is 8.91. The van der Waals surface area contributed by atoms with Crippen LogP contribution in [0.25, 0.3) is 0 Å². The number of anilines is 1. The van der Waals surface area contributed by atoms with E-state index in [9.17, 15) is 4.79 Å². The Morgan fingerprint density at radius 3 is 2.71 bits per heavy atom. The molecule has 0 amide bonds. The lowest BCUT2D eigenvalue weighted by molar-refractivity contribution is -0.138. The molecular weight excluding hydrogens is 178 g/mol. The fraction of sp³-hybridized carbons (Fsp3) is 0.364. The van der Waals surface area contributed by atoms with Crippen molar-refractivity contribution in [1.29, 1.82) is 0 Å². The van der Waals surface area contributed by atoms with Crippen molar-refractivity contribution in [2.45, 2.75) is 26.2 Å². The van der Waals surface area contributed by atoms with Gasteiger partial charge in [0.15, 0.2) is 0 Å². The topological polar surface area (TPSA) is 63.3 Å². The van der Waals surface area contributed by atoms with Crippen molar-refractivity contribution in [3.8, 4) is 0 Å². The lowest BCUT2D eigenvalue weighted by atomic mass is 9.93. The SMILES string of the molecule is CCc1c(N)cccc1C(C)C(=O)O. The van der Waals surface area contributed by atoms with Crippen molar-refractivity contribution >= 4 is 11.7 Å². The third-order valence-corrected chi connectivity index (χ3v) is 2.44. The minimum absolute atomic E-state index is 0.492. The van der Waals surface area contributed by atoms with Crippen LogP contribution in [-0.4, -0.2) is 11.1 Å². The monoisotopic (exact) mass is 193 g/mol.